The van der Waals surface area contributed by atoms with Crippen molar-refractivity contribution in [3.05, 3.63) is 68.9 Å². The van der Waals surface area contributed by atoms with Crippen LogP contribution < -0.4 is 0 Å². The molecule has 0 aliphatic carbocycles. The number of benzene rings is 1. The first-order chi connectivity index (χ1) is 12.8. The monoisotopic (exact) mass is 381 g/mol. The number of carbonyl (C=O) groups excluding carboxylic acids is 1. The van der Waals surface area contributed by atoms with Gasteiger partial charge in [0.15, 0.2) is 0 Å². The van der Waals surface area contributed by atoms with Crippen LogP contribution in [0.3, 0.4) is 0 Å². The third-order valence-electron chi connectivity index (χ3n) is 4.80. The van der Waals surface area contributed by atoms with Crippen LogP contribution in [-0.4, -0.2) is 34.8 Å². The maximum absolute atomic E-state index is 12.8. The summed E-state index contributed by atoms with van der Waals surface area (Å²) in [6.07, 6.45) is 1.35. The van der Waals surface area contributed by atoms with Gasteiger partial charge in [0.05, 0.1) is 29.2 Å². The molecule has 0 spiro atoms. The lowest BCUT2D eigenvalue weighted by Crippen LogP contribution is -2.47. The van der Waals surface area contributed by atoms with Crippen LogP contribution in [0.2, 0.25) is 0 Å². The Morgan fingerprint density at radius 2 is 2.04 bits per heavy atom. The Kier molecular flexibility index (Phi) is 5.11. The average molecular weight is 382 g/mol. The minimum Gasteiger partial charge on any atom is -0.292 e. The molecule has 4 rings (SSSR count). The first kappa shape index (κ1) is 17.3. The fourth-order valence-corrected chi connectivity index (χ4v) is 5.42. The van der Waals surface area contributed by atoms with Gasteiger partial charge in [0.1, 0.15) is 0 Å². The second-order valence-electron chi connectivity index (χ2n) is 6.47. The third kappa shape index (κ3) is 3.43. The summed E-state index contributed by atoms with van der Waals surface area (Å²) in [6.45, 7) is 1.49. The summed E-state index contributed by atoms with van der Waals surface area (Å²) in [5, 5.41) is 12.6. The van der Waals surface area contributed by atoms with Gasteiger partial charge in [-0.25, -0.2) is 0 Å². The Labute approximate surface area is 161 Å². The standard InChI is InChI=1S/C20H19N3OS2/c21-12-17-16(18-7-4-10-25-18)11-19(24)23-13-22(14-26-20(17)23)9-8-15-5-2-1-3-6-15/h1-7,10,16H,8-9,11,13-14H2/t16-/m1/s1. The first-order valence-corrected chi connectivity index (χ1v) is 10.5. The van der Waals surface area contributed by atoms with Crippen molar-refractivity contribution < 1.29 is 4.79 Å². The van der Waals surface area contributed by atoms with E-state index in [1.165, 1.54) is 5.56 Å². The molecule has 0 saturated carbocycles. The summed E-state index contributed by atoms with van der Waals surface area (Å²) in [5.41, 5.74) is 2.05. The molecule has 0 N–H and O–H groups in total. The Bertz CT molecular complexity index is 855. The molecule has 1 aromatic heterocycles. The van der Waals surface area contributed by atoms with Crippen molar-refractivity contribution in [2.45, 2.75) is 18.8 Å². The summed E-state index contributed by atoms with van der Waals surface area (Å²) >= 11 is 3.24. The molecule has 1 atom stereocenters. The normalized spacial score (nSPS) is 20.8. The van der Waals surface area contributed by atoms with Gasteiger partial charge in [0, 0.05) is 23.8 Å². The number of thiophene rings is 1. The van der Waals surface area contributed by atoms with Crippen molar-refractivity contribution in [3.8, 4) is 6.07 Å². The van der Waals surface area contributed by atoms with E-state index >= 15 is 0 Å². The molecule has 0 radical (unpaired) electrons. The molecule has 1 saturated heterocycles. The molecule has 2 aromatic rings. The van der Waals surface area contributed by atoms with Crippen LogP contribution in [0.1, 0.15) is 22.8 Å². The van der Waals surface area contributed by atoms with Gasteiger partial charge < -0.3 is 0 Å². The van der Waals surface area contributed by atoms with Gasteiger partial charge in [-0.2, -0.15) is 5.26 Å². The zero-order chi connectivity index (χ0) is 17.9. The lowest BCUT2D eigenvalue weighted by molar-refractivity contribution is -0.131. The number of rotatable bonds is 4. The van der Waals surface area contributed by atoms with Gasteiger partial charge in [-0.15, -0.1) is 11.3 Å². The summed E-state index contributed by atoms with van der Waals surface area (Å²) in [7, 11) is 0. The number of hydrogen-bond donors (Lipinski definition) is 0. The van der Waals surface area contributed by atoms with Crippen molar-refractivity contribution in [2.75, 3.05) is 19.1 Å². The Morgan fingerprint density at radius 3 is 2.77 bits per heavy atom. The second kappa shape index (κ2) is 7.67. The number of thioether (sulfide) groups is 1. The molecular formula is C20H19N3OS2. The lowest BCUT2D eigenvalue weighted by atomic mass is 9.92. The summed E-state index contributed by atoms with van der Waals surface area (Å²) < 4.78 is 0. The molecule has 6 heteroatoms. The van der Waals surface area contributed by atoms with E-state index in [1.807, 2.05) is 28.5 Å². The highest BCUT2D eigenvalue weighted by molar-refractivity contribution is 8.03. The molecular weight excluding hydrogens is 362 g/mol. The van der Waals surface area contributed by atoms with Crippen LogP contribution in [0.25, 0.3) is 0 Å². The van der Waals surface area contributed by atoms with Gasteiger partial charge >= 0.3 is 0 Å². The van der Waals surface area contributed by atoms with E-state index in [1.54, 1.807) is 23.1 Å². The smallest absolute Gasteiger partial charge is 0.229 e. The first-order valence-electron chi connectivity index (χ1n) is 8.63. The second-order valence-corrected chi connectivity index (χ2v) is 8.38. The summed E-state index contributed by atoms with van der Waals surface area (Å²) in [4.78, 5) is 18.0. The number of hydrogen-bond acceptors (Lipinski definition) is 5. The van der Waals surface area contributed by atoms with Crippen LogP contribution in [0.15, 0.2) is 58.4 Å². The maximum Gasteiger partial charge on any atom is 0.229 e. The van der Waals surface area contributed by atoms with E-state index in [9.17, 15) is 10.1 Å². The lowest BCUT2D eigenvalue weighted by Gasteiger charge is -2.41. The number of fused-ring (bicyclic) bond motifs is 1. The molecule has 1 aromatic carbocycles. The summed E-state index contributed by atoms with van der Waals surface area (Å²) in [6, 6.07) is 16.8. The number of carbonyl (C=O) groups is 1. The highest BCUT2D eigenvalue weighted by Gasteiger charge is 2.38. The quantitative estimate of drug-likeness (QED) is 0.803. The van der Waals surface area contributed by atoms with Gasteiger partial charge in [-0.1, -0.05) is 48.2 Å². The van der Waals surface area contributed by atoms with Gasteiger partial charge in [0.25, 0.3) is 0 Å². The Morgan fingerprint density at radius 1 is 1.19 bits per heavy atom. The van der Waals surface area contributed by atoms with Crippen LogP contribution >= 0.6 is 23.1 Å². The van der Waals surface area contributed by atoms with E-state index in [4.69, 9.17) is 0 Å². The molecule has 1 amide bonds. The molecule has 4 nitrogen and oxygen atoms in total. The fraction of sp³-hybridized carbons (Fsp3) is 0.300. The molecule has 26 heavy (non-hydrogen) atoms. The predicted octanol–water partition coefficient (Wildman–Crippen LogP) is 4.01. The molecule has 0 unspecified atom stereocenters. The number of allylic oxidation sites excluding steroid dienone is 1. The van der Waals surface area contributed by atoms with Gasteiger partial charge in [-0.05, 0) is 23.4 Å². The van der Waals surface area contributed by atoms with E-state index in [2.05, 4.69) is 35.2 Å². The van der Waals surface area contributed by atoms with E-state index < -0.39 is 0 Å². The predicted molar refractivity (Wildman–Crippen MR) is 105 cm³/mol. The van der Waals surface area contributed by atoms with Crippen LogP contribution in [-0.2, 0) is 11.2 Å². The number of nitriles is 1. The highest BCUT2D eigenvalue weighted by Crippen LogP contribution is 2.43. The SMILES string of the molecule is N#CC1=C2SCN(CCc3ccccc3)CN2C(=O)C[C@H]1c1cccs1. The van der Waals surface area contributed by atoms with E-state index in [-0.39, 0.29) is 11.8 Å². The van der Waals surface area contributed by atoms with Crippen molar-refractivity contribution in [1.82, 2.24) is 9.80 Å². The zero-order valence-electron chi connectivity index (χ0n) is 14.3. The zero-order valence-corrected chi connectivity index (χ0v) is 15.9. The number of amides is 1. The fourth-order valence-electron chi connectivity index (χ4n) is 3.41. The molecule has 1 fully saturated rings. The average Bonchev–Trinajstić information content (AvgIpc) is 3.22. The van der Waals surface area contributed by atoms with Crippen LogP contribution in [0, 0.1) is 11.3 Å². The Balaban J connectivity index is 1.50. The van der Waals surface area contributed by atoms with Gasteiger partial charge in [-0.3, -0.25) is 14.6 Å². The van der Waals surface area contributed by atoms with E-state index in [0.717, 1.165) is 34.3 Å². The van der Waals surface area contributed by atoms with Crippen molar-refractivity contribution in [2.24, 2.45) is 0 Å². The minimum atomic E-state index is -0.0814. The van der Waals surface area contributed by atoms with Crippen molar-refractivity contribution in [1.29, 1.82) is 5.26 Å². The molecule has 2 aliphatic rings. The van der Waals surface area contributed by atoms with Crippen LogP contribution in [0.5, 0.6) is 0 Å². The Hall–Kier alpha value is -2.07. The summed E-state index contributed by atoms with van der Waals surface area (Å²) in [5.74, 6) is 0.852. The maximum atomic E-state index is 12.8. The van der Waals surface area contributed by atoms with Gasteiger partial charge in [0.2, 0.25) is 5.91 Å². The van der Waals surface area contributed by atoms with Crippen LogP contribution in [0.4, 0.5) is 0 Å². The highest BCUT2D eigenvalue weighted by atomic mass is 32.2. The number of nitrogens with zero attached hydrogens (tertiary/aromatic N) is 3. The van der Waals surface area contributed by atoms with Crippen molar-refractivity contribution in [3.63, 3.8) is 0 Å². The minimum absolute atomic E-state index is 0.0814. The molecule has 132 valence electrons. The van der Waals surface area contributed by atoms with Crippen molar-refractivity contribution >= 4 is 29.0 Å². The largest absolute Gasteiger partial charge is 0.292 e. The molecule has 0 bridgehead atoms. The molecule has 3 heterocycles. The molecule has 2 aliphatic heterocycles. The topological polar surface area (TPSA) is 47.3 Å². The van der Waals surface area contributed by atoms with E-state index in [0.29, 0.717) is 13.1 Å². The third-order valence-corrected chi connectivity index (χ3v) is 6.99.